The Morgan fingerprint density at radius 3 is 2.56 bits per heavy atom. The summed E-state index contributed by atoms with van der Waals surface area (Å²) in [4.78, 5) is 21.3. The monoisotopic (exact) mass is 371 g/mol. The molecule has 1 saturated heterocycles. The van der Waals surface area contributed by atoms with Crippen molar-refractivity contribution in [1.82, 2.24) is 14.8 Å². The van der Waals surface area contributed by atoms with Gasteiger partial charge in [0.1, 0.15) is 5.76 Å². The predicted octanol–water partition coefficient (Wildman–Crippen LogP) is 2.66. The van der Waals surface area contributed by atoms with Crippen LogP contribution in [0.25, 0.3) is 0 Å². The van der Waals surface area contributed by atoms with Crippen molar-refractivity contribution < 1.29 is 18.7 Å². The Balaban J connectivity index is 1.33. The quantitative estimate of drug-likeness (QED) is 0.826. The summed E-state index contributed by atoms with van der Waals surface area (Å²) in [7, 11) is 0. The third-order valence-corrected chi connectivity index (χ3v) is 4.93. The first kappa shape index (κ1) is 17.9. The van der Waals surface area contributed by atoms with Gasteiger partial charge in [0.15, 0.2) is 11.5 Å². The Morgan fingerprint density at radius 1 is 1.11 bits per heavy atom. The highest BCUT2D eigenvalue weighted by Crippen LogP contribution is 2.33. The molecule has 0 aliphatic carbocycles. The van der Waals surface area contributed by atoms with Crippen LogP contribution in [-0.2, 0) is 12.0 Å². The summed E-state index contributed by atoms with van der Waals surface area (Å²) in [6.07, 6.45) is 1.81. The molecule has 0 bridgehead atoms. The van der Waals surface area contributed by atoms with E-state index in [1.807, 2.05) is 11.1 Å². The molecule has 2 aromatic rings. The molecule has 0 saturated carbocycles. The van der Waals surface area contributed by atoms with Gasteiger partial charge in [-0.1, -0.05) is 20.8 Å². The van der Waals surface area contributed by atoms with E-state index in [4.69, 9.17) is 13.9 Å². The molecule has 0 radical (unpaired) electrons. The highest BCUT2D eigenvalue weighted by Gasteiger charge is 2.25. The van der Waals surface area contributed by atoms with E-state index < -0.39 is 0 Å². The number of hydrogen-bond acceptors (Lipinski definition) is 6. The maximum atomic E-state index is 12.8. The SMILES string of the molecule is CC(C)(C)c1cnc(CN2CCN(C(=O)c3ccc4c(c3)OCO4)CC2)o1. The van der Waals surface area contributed by atoms with Crippen LogP contribution < -0.4 is 9.47 Å². The first-order valence-electron chi connectivity index (χ1n) is 9.26. The lowest BCUT2D eigenvalue weighted by molar-refractivity contribution is 0.0616. The van der Waals surface area contributed by atoms with Crippen LogP contribution in [0.2, 0.25) is 0 Å². The smallest absolute Gasteiger partial charge is 0.254 e. The molecular formula is C20H25N3O4. The third kappa shape index (κ3) is 3.78. The van der Waals surface area contributed by atoms with Gasteiger partial charge in [0.25, 0.3) is 5.91 Å². The maximum Gasteiger partial charge on any atom is 0.254 e. The molecule has 27 heavy (non-hydrogen) atoms. The Hall–Kier alpha value is -2.54. The first-order valence-corrected chi connectivity index (χ1v) is 9.26. The van der Waals surface area contributed by atoms with Gasteiger partial charge in [-0.25, -0.2) is 4.98 Å². The first-order chi connectivity index (χ1) is 12.9. The molecule has 2 aliphatic heterocycles. The third-order valence-electron chi connectivity index (χ3n) is 4.93. The van der Waals surface area contributed by atoms with Gasteiger partial charge in [0.05, 0.1) is 12.7 Å². The molecule has 3 heterocycles. The number of aromatic nitrogens is 1. The number of oxazole rings is 1. The minimum absolute atomic E-state index is 0.0269. The molecule has 0 N–H and O–H groups in total. The average molecular weight is 371 g/mol. The summed E-state index contributed by atoms with van der Waals surface area (Å²) in [6, 6.07) is 5.35. The fourth-order valence-corrected chi connectivity index (χ4v) is 3.24. The van der Waals surface area contributed by atoms with Gasteiger partial charge in [-0.2, -0.15) is 0 Å². The van der Waals surface area contributed by atoms with Crippen molar-refractivity contribution in [2.24, 2.45) is 0 Å². The van der Waals surface area contributed by atoms with E-state index in [1.165, 1.54) is 0 Å². The summed E-state index contributed by atoms with van der Waals surface area (Å²) >= 11 is 0. The van der Waals surface area contributed by atoms with E-state index >= 15 is 0 Å². The molecule has 1 amide bonds. The molecule has 0 unspecified atom stereocenters. The summed E-state index contributed by atoms with van der Waals surface area (Å²) < 4.78 is 16.5. The van der Waals surface area contributed by atoms with E-state index in [-0.39, 0.29) is 18.1 Å². The van der Waals surface area contributed by atoms with Crippen LogP contribution in [0.1, 0.15) is 42.8 Å². The van der Waals surface area contributed by atoms with E-state index in [0.29, 0.717) is 36.7 Å². The van der Waals surface area contributed by atoms with Gasteiger partial charge in [0.2, 0.25) is 12.7 Å². The number of hydrogen-bond donors (Lipinski definition) is 0. The molecule has 7 heteroatoms. The van der Waals surface area contributed by atoms with Crippen molar-refractivity contribution in [3.63, 3.8) is 0 Å². The minimum Gasteiger partial charge on any atom is -0.454 e. The van der Waals surface area contributed by atoms with Gasteiger partial charge < -0.3 is 18.8 Å². The molecule has 7 nitrogen and oxygen atoms in total. The number of rotatable bonds is 3. The summed E-state index contributed by atoms with van der Waals surface area (Å²) in [5, 5.41) is 0. The maximum absolute atomic E-state index is 12.8. The number of amides is 1. The fraction of sp³-hybridized carbons (Fsp3) is 0.500. The van der Waals surface area contributed by atoms with Crippen molar-refractivity contribution in [3.05, 3.63) is 41.6 Å². The topological polar surface area (TPSA) is 68.0 Å². The molecule has 0 spiro atoms. The zero-order chi connectivity index (χ0) is 19.0. The fourth-order valence-electron chi connectivity index (χ4n) is 3.24. The summed E-state index contributed by atoms with van der Waals surface area (Å²) in [5.74, 6) is 2.98. The number of carbonyl (C=O) groups excluding carboxylic acids is 1. The van der Waals surface area contributed by atoms with Crippen molar-refractivity contribution in [2.75, 3.05) is 33.0 Å². The van der Waals surface area contributed by atoms with Crippen LogP contribution in [0.15, 0.2) is 28.8 Å². The molecular weight excluding hydrogens is 346 g/mol. The van der Waals surface area contributed by atoms with Crippen LogP contribution in [0, 0.1) is 0 Å². The Kier molecular flexibility index (Phi) is 4.55. The number of nitrogens with zero attached hydrogens (tertiary/aromatic N) is 3. The number of carbonyl (C=O) groups is 1. The lowest BCUT2D eigenvalue weighted by Gasteiger charge is -2.34. The van der Waals surface area contributed by atoms with Crippen molar-refractivity contribution in [3.8, 4) is 11.5 Å². The van der Waals surface area contributed by atoms with Gasteiger partial charge in [-0.15, -0.1) is 0 Å². The van der Waals surface area contributed by atoms with Crippen molar-refractivity contribution in [2.45, 2.75) is 32.7 Å². The predicted molar refractivity (Wildman–Crippen MR) is 98.9 cm³/mol. The molecule has 144 valence electrons. The molecule has 4 rings (SSSR count). The largest absolute Gasteiger partial charge is 0.454 e. The lowest BCUT2D eigenvalue weighted by atomic mass is 9.94. The number of fused-ring (bicyclic) bond motifs is 1. The van der Waals surface area contributed by atoms with Crippen LogP contribution >= 0.6 is 0 Å². The van der Waals surface area contributed by atoms with Gasteiger partial charge in [-0.3, -0.25) is 9.69 Å². The Morgan fingerprint density at radius 2 is 1.85 bits per heavy atom. The van der Waals surface area contributed by atoms with Crippen LogP contribution in [-0.4, -0.2) is 53.7 Å². The molecule has 1 aromatic heterocycles. The van der Waals surface area contributed by atoms with Crippen molar-refractivity contribution in [1.29, 1.82) is 0 Å². The van der Waals surface area contributed by atoms with E-state index in [0.717, 1.165) is 24.7 Å². The molecule has 2 aliphatic rings. The number of benzene rings is 1. The molecule has 1 fully saturated rings. The number of ether oxygens (including phenoxy) is 2. The summed E-state index contributed by atoms with van der Waals surface area (Å²) in [5.41, 5.74) is 0.594. The van der Waals surface area contributed by atoms with E-state index in [9.17, 15) is 4.79 Å². The minimum atomic E-state index is -0.0407. The van der Waals surface area contributed by atoms with Gasteiger partial charge in [0, 0.05) is 37.2 Å². The molecule has 1 aromatic carbocycles. The standard InChI is InChI=1S/C20H25N3O4/c1-20(2,3)17-11-21-18(27-17)12-22-6-8-23(9-7-22)19(24)14-4-5-15-16(10-14)26-13-25-15/h4-5,10-11H,6-9,12-13H2,1-3H3. The van der Waals surface area contributed by atoms with E-state index in [1.54, 1.807) is 18.2 Å². The van der Waals surface area contributed by atoms with E-state index in [2.05, 4.69) is 30.7 Å². The Labute approximate surface area is 158 Å². The number of piperazine rings is 1. The second-order valence-corrected chi connectivity index (χ2v) is 8.00. The van der Waals surface area contributed by atoms with Gasteiger partial charge in [-0.05, 0) is 18.2 Å². The van der Waals surface area contributed by atoms with Crippen LogP contribution in [0.5, 0.6) is 11.5 Å². The summed E-state index contributed by atoms with van der Waals surface area (Å²) in [6.45, 7) is 10.2. The average Bonchev–Trinajstić information content (AvgIpc) is 3.30. The molecule has 0 atom stereocenters. The second kappa shape index (κ2) is 6.88. The highest BCUT2D eigenvalue weighted by atomic mass is 16.7. The zero-order valence-corrected chi connectivity index (χ0v) is 16.0. The lowest BCUT2D eigenvalue weighted by Crippen LogP contribution is -2.48. The second-order valence-electron chi connectivity index (χ2n) is 8.00. The van der Waals surface area contributed by atoms with Crippen LogP contribution in [0.4, 0.5) is 0 Å². The van der Waals surface area contributed by atoms with Crippen LogP contribution in [0.3, 0.4) is 0 Å². The highest BCUT2D eigenvalue weighted by molar-refractivity contribution is 5.95. The normalized spacial score (nSPS) is 17.4. The zero-order valence-electron chi connectivity index (χ0n) is 16.0. The van der Waals surface area contributed by atoms with Gasteiger partial charge >= 0.3 is 0 Å². The van der Waals surface area contributed by atoms with Crippen molar-refractivity contribution >= 4 is 5.91 Å². The Bertz CT molecular complexity index is 832.